The molecule has 1 aromatic rings. The van der Waals surface area contributed by atoms with Gasteiger partial charge in [0.1, 0.15) is 6.04 Å². The molecule has 0 unspecified atom stereocenters. The molecule has 2 atom stereocenters. The first-order valence-electron chi connectivity index (χ1n) is 9.02. The Hall–Kier alpha value is -3.22. The van der Waals surface area contributed by atoms with E-state index in [2.05, 4.69) is 10.6 Å². The van der Waals surface area contributed by atoms with Gasteiger partial charge in [0.15, 0.2) is 0 Å². The van der Waals surface area contributed by atoms with Gasteiger partial charge in [0.05, 0.1) is 18.9 Å². The van der Waals surface area contributed by atoms with Crippen LogP contribution in [0.4, 0.5) is 0 Å². The monoisotopic (exact) mass is 489 g/mol. The van der Waals surface area contributed by atoms with Crippen LogP contribution in [0.1, 0.15) is 24.8 Å². The lowest BCUT2D eigenvalue weighted by atomic mass is 10.1. The number of benzene rings is 1. The number of amides is 3. The maximum absolute atomic E-state index is 12.0. The Morgan fingerprint density at radius 3 is 2.12 bits per heavy atom. The molecule has 0 saturated carbocycles. The maximum Gasteiger partial charge on any atom is 0.326 e. The number of guanidine groups is 1. The van der Waals surface area contributed by atoms with Crippen LogP contribution >= 0.6 is 23.2 Å². The molecule has 8 N–H and O–H groups in total. The number of carbonyl (C=O) groups is 5. The highest BCUT2D eigenvalue weighted by molar-refractivity contribution is 6.36. The summed E-state index contributed by atoms with van der Waals surface area (Å²) in [5.74, 6) is -5.93. The Balaban J connectivity index is 2.52. The van der Waals surface area contributed by atoms with E-state index in [4.69, 9.17) is 44.6 Å². The second-order valence-electron chi connectivity index (χ2n) is 6.49. The van der Waals surface area contributed by atoms with E-state index in [-0.39, 0.29) is 22.9 Å². The van der Waals surface area contributed by atoms with Crippen molar-refractivity contribution in [3.63, 3.8) is 0 Å². The third kappa shape index (κ3) is 9.29. The van der Waals surface area contributed by atoms with Crippen LogP contribution in [0.15, 0.2) is 18.2 Å². The summed E-state index contributed by atoms with van der Waals surface area (Å²) < 4.78 is 0. The zero-order valence-corrected chi connectivity index (χ0v) is 18.0. The number of carboxylic acid groups (broad SMARTS) is 2. The van der Waals surface area contributed by atoms with E-state index in [0.29, 0.717) is 5.56 Å². The number of nitrogens with two attached hydrogens (primary N) is 1. The van der Waals surface area contributed by atoms with Gasteiger partial charge in [0.25, 0.3) is 0 Å². The van der Waals surface area contributed by atoms with E-state index in [1.165, 1.54) is 12.1 Å². The van der Waals surface area contributed by atoms with Crippen molar-refractivity contribution in [3.8, 4) is 0 Å². The second kappa shape index (κ2) is 12.6. The largest absolute Gasteiger partial charge is 0.481 e. The molecule has 0 radical (unpaired) electrons. The first-order chi connectivity index (χ1) is 14.9. The molecule has 12 nitrogen and oxygen atoms in total. The summed E-state index contributed by atoms with van der Waals surface area (Å²) in [7, 11) is 0. The lowest BCUT2D eigenvalue weighted by Gasteiger charge is -2.17. The molecule has 32 heavy (non-hydrogen) atoms. The standard InChI is InChI=1S/C18H21Cl2N5O7/c19-9-2-1-3-10(20)8(9)6-14(27)25-18(22)24-13(26)5-4-12(17(31)32)23-16(30)11(21)7-15(28)29/h1-3,11-12H,4-7,21H2,(H,23,30)(H,28,29)(H,31,32)(H3,22,24,25,26,27)/t11-,12+/m1/s1. The van der Waals surface area contributed by atoms with Gasteiger partial charge in [0, 0.05) is 16.5 Å². The number of nitrogens with one attached hydrogen (secondary N) is 4. The third-order valence-corrected chi connectivity index (χ3v) is 4.64. The Labute approximate surface area is 191 Å². The van der Waals surface area contributed by atoms with Crippen LogP contribution in [-0.2, 0) is 30.4 Å². The minimum absolute atomic E-state index is 0.250. The maximum atomic E-state index is 12.0. The van der Waals surface area contributed by atoms with Crippen molar-refractivity contribution in [2.45, 2.75) is 37.8 Å². The SMILES string of the molecule is N=C(NC(=O)CC[C@H](NC(=O)[C@H](N)CC(=O)O)C(=O)O)NC(=O)Cc1c(Cl)cccc1Cl. The lowest BCUT2D eigenvalue weighted by Crippen LogP contribution is -2.49. The highest BCUT2D eigenvalue weighted by Gasteiger charge is 2.25. The summed E-state index contributed by atoms with van der Waals surface area (Å²) in [6.07, 6.45) is -1.75. The molecule has 0 aliphatic heterocycles. The Bertz CT molecular complexity index is 905. The topological polar surface area (TPSA) is 212 Å². The fourth-order valence-corrected chi connectivity index (χ4v) is 2.90. The Morgan fingerprint density at radius 1 is 1.03 bits per heavy atom. The number of aliphatic carboxylic acids is 2. The van der Waals surface area contributed by atoms with Crippen LogP contribution in [0.5, 0.6) is 0 Å². The van der Waals surface area contributed by atoms with Crippen LogP contribution in [0.3, 0.4) is 0 Å². The van der Waals surface area contributed by atoms with E-state index in [9.17, 15) is 24.0 Å². The highest BCUT2D eigenvalue weighted by atomic mass is 35.5. The molecule has 0 fully saturated rings. The van der Waals surface area contributed by atoms with E-state index in [1.54, 1.807) is 6.07 Å². The van der Waals surface area contributed by atoms with Gasteiger partial charge in [-0.2, -0.15) is 0 Å². The fourth-order valence-electron chi connectivity index (χ4n) is 2.37. The minimum Gasteiger partial charge on any atom is -0.481 e. The summed E-state index contributed by atoms with van der Waals surface area (Å²) in [5.41, 5.74) is 5.70. The molecule has 0 bridgehead atoms. The second-order valence-corrected chi connectivity index (χ2v) is 7.31. The molecule has 0 aliphatic rings. The average molecular weight is 490 g/mol. The van der Waals surface area contributed by atoms with Crippen molar-refractivity contribution in [2.75, 3.05) is 0 Å². The van der Waals surface area contributed by atoms with E-state index < -0.39 is 60.5 Å². The van der Waals surface area contributed by atoms with Gasteiger partial charge in [-0.25, -0.2) is 4.79 Å². The van der Waals surface area contributed by atoms with Crippen LogP contribution in [0.25, 0.3) is 0 Å². The molecular weight excluding hydrogens is 469 g/mol. The van der Waals surface area contributed by atoms with Crippen molar-refractivity contribution in [2.24, 2.45) is 5.73 Å². The van der Waals surface area contributed by atoms with Gasteiger partial charge in [-0.15, -0.1) is 0 Å². The summed E-state index contributed by atoms with van der Waals surface area (Å²) in [6.45, 7) is 0. The van der Waals surface area contributed by atoms with Crippen LogP contribution in [0.2, 0.25) is 10.0 Å². The zero-order chi connectivity index (χ0) is 24.4. The summed E-state index contributed by atoms with van der Waals surface area (Å²) in [6, 6.07) is 1.70. The Kier molecular flexibility index (Phi) is 10.5. The molecule has 0 heterocycles. The van der Waals surface area contributed by atoms with Gasteiger partial charge in [-0.3, -0.25) is 35.2 Å². The molecule has 0 spiro atoms. The number of hydrogen-bond donors (Lipinski definition) is 7. The van der Waals surface area contributed by atoms with E-state index in [1.807, 2.05) is 5.32 Å². The van der Waals surface area contributed by atoms with Gasteiger partial charge in [0.2, 0.25) is 23.7 Å². The van der Waals surface area contributed by atoms with Crippen molar-refractivity contribution < 1.29 is 34.2 Å². The normalized spacial score (nSPS) is 12.2. The first-order valence-corrected chi connectivity index (χ1v) is 9.78. The summed E-state index contributed by atoms with van der Waals surface area (Å²) in [5, 5.41) is 32.2. The van der Waals surface area contributed by atoms with Crippen LogP contribution < -0.4 is 21.7 Å². The number of halogens is 2. The molecule has 0 aliphatic carbocycles. The number of carboxylic acids is 2. The van der Waals surface area contributed by atoms with Crippen molar-refractivity contribution in [3.05, 3.63) is 33.8 Å². The molecule has 1 aromatic carbocycles. The van der Waals surface area contributed by atoms with Crippen LogP contribution in [-0.4, -0.2) is 57.9 Å². The predicted octanol–water partition coefficient (Wildman–Crippen LogP) is -0.145. The quantitative estimate of drug-likeness (QED) is 0.173. The molecular formula is C18H21Cl2N5O7. The van der Waals surface area contributed by atoms with Gasteiger partial charge in [-0.1, -0.05) is 29.3 Å². The number of rotatable bonds is 10. The zero-order valence-electron chi connectivity index (χ0n) is 16.5. The Morgan fingerprint density at radius 2 is 1.59 bits per heavy atom. The van der Waals surface area contributed by atoms with E-state index >= 15 is 0 Å². The van der Waals surface area contributed by atoms with Crippen molar-refractivity contribution >= 4 is 58.8 Å². The van der Waals surface area contributed by atoms with Crippen molar-refractivity contribution in [1.82, 2.24) is 16.0 Å². The number of carbonyl (C=O) groups excluding carboxylic acids is 3. The van der Waals surface area contributed by atoms with Gasteiger partial charge < -0.3 is 21.3 Å². The first kappa shape index (κ1) is 26.8. The number of hydrogen-bond acceptors (Lipinski definition) is 7. The predicted molar refractivity (Wildman–Crippen MR) is 113 cm³/mol. The smallest absolute Gasteiger partial charge is 0.326 e. The molecule has 174 valence electrons. The molecule has 14 heteroatoms. The minimum atomic E-state index is -1.51. The highest BCUT2D eigenvalue weighted by Crippen LogP contribution is 2.24. The summed E-state index contributed by atoms with van der Waals surface area (Å²) in [4.78, 5) is 57.6. The molecule has 0 saturated heterocycles. The van der Waals surface area contributed by atoms with E-state index in [0.717, 1.165) is 0 Å². The molecule has 0 aromatic heterocycles. The van der Waals surface area contributed by atoms with Gasteiger partial charge in [-0.05, 0) is 24.1 Å². The van der Waals surface area contributed by atoms with Crippen molar-refractivity contribution in [1.29, 1.82) is 5.41 Å². The fraction of sp³-hybridized carbons (Fsp3) is 0.333. The lowest BCUT2D eigenvalue weighted by molar-refractivity contribution is -0.143. The van der Waals surface area contributed by atoms with Crippen LogP contribution in [0, 0.1) is 5.41 Å². The summed E-state index contributed by atoms with van der Waals surface area (Å²) >= 11 is 11.9. The van der Waals surface area contributed by atoms with Gasteiger partial charge >= 0.3 is 11.9 Å². The third-order valence-electron chi connectivity index (χ3n) is 3.93. The average Bonchev–Trinajstić information content (AvgIpc) is 2.66. The molecule has 3 amide bonds. The molecule has 1 rings (SSSR count).